The first-order chi connectivity index (χ1) is 9.56. The standard InChI is InChI=1S/C13H15ClN4OS/c1-7-10(14)11(17-18(7)2)12(19)15-5-9-6-20-13(16-9)8-3-4-8/h6,8H,3-5H2,1-2H3,(H,15,19). The Kier molecular flexibility index (Phi) is 3.52. The molecule has 7 heteroatoms. The van der Waals surface area contributed by atoms with Crippen molar-refractivity contribution in [2.75, 3.05) is 0 Å². The van der Waals surface area contributed by atoms with Gasteiger partial charge in [0.05, 0.1) is 28.0 Å². The second kappa shape index (κ2) is 5.18. The first-order valence-corrected chi connectivity index (χ1v) is 7.73. The van der Waals surface area contributed by atoms with E-state index in [1.54, 1.807) is 23.1 Å². The Balaban J connectivity index is 1.64. The minimum Gasteiger partial charge on any atom is -0.345 e. The molecule has 0 atom stereocenters. The fourth-order valence-corrected chi connectivity index (χ4v) is 3.14. The molecule has 1 aliphatic carbocycles. The summed E-state index contributed by atoms with van der Waals surface area (Å²) in [6.07, 6.45) is 2.48. The third kappa shape index (κ3) is 2.58. The van der Waals surface area contributed by atoms with Gasteiger partial charge in [0.2, 0.25) is 0 Å². The molecule has 106 valence electrons. The van der Waals surface area contributed by atoms with Crippen molar-refractivity contribution < 1.29 is 4.79 Å². The van der Waals surface area contributed by atoms with Crippen LogP contribution in [-0.4, -0.2) is 20.7 Å². The number of nitrogens with one attached hydrogen (secondary N) is 1. The summed E-state index contributed by atoms with van der Waals surface area (Å²) in [5.74, 6) is 0.386. The molecule has 2 heterocycles. The van der Waals surface area contributed by atoms with Crippen molar-refractivity contribution in [2.45, 2.75) is 32.2 Å². The van der Waals surface area contributed by atoms with Crippen LogP contribution < -0.4 is 5.32 Å². The predicted molar refractivity (Wildman–Crippen MR) is 78.2 cm³/mol. The highest BCUT2D eigenvalue weighted by molar-refractivity contribution is 7.09. The lowest BCUT2D eigenvalue weighted by molar-refractivity contribution is 0.0945. The molecule has 0 bridgehead atoms. The predicted octanol–water partition coefficient (Wildman–Crippen LogP) is 2.65. The molecular weight excluding hydrogens is 296 g/mol. The van der Waals surface area contributed by atoms with Crippen LogP contribution in [0.15, 0.2) is 5.38 Å². The number of hydrogen-bond donors (Lipinski definition) is 1. The second-order valence-corrected chi connectivity index (χ2v) is 6.27. The van der Waals surface area contributed by atoms with Crippen LogP contribution >= 0.6 is 22.9 Å². The molecule has 5 nitrogen and oxygen atoms in total. The van der Waals surface area contributed by atoms with Crippen LogP contribution in [0.4, 0.5) is 0 Å². The molecule has 0 aliphatic heterocycles. The van der Waals surface area contributed by atoms with E-state index in [4.69, 9.17) is 11.6 Å². The van der Waals surface area contributed by atoms with Gasteiger partial charge in [0.15, 0.2) is 5.69 Å². The number of aryl methyl sites for hydroxylation is 1. The Morgan fingerprint density at radius 3 is 2.95 bits per heavy atom. The Morgan fingerprint density at radius 1 is 1.60 bits per heavy atom. The number of thiazole rings is 1. The largest absolute Gasteiger partial charge is 0.345 e. The number of nitrogens with zero attached hydrogens (tertiary/aromatic N) is 3. The van der Waals surface area contributed by atoms with Gasteiger partial charge in [-0.2, -0.15) is 5.10 Å². The van der Waals surface area contributed by atoms with Crippen LogP contribution in [0.3, 0.4) is 0 Å². The summed E-state index contributed by atoms with van der Waals surface area (Å²) in [5, 5.41) is 10.5. The van der Waals surface area contributed by atoms with Crippen molar-refractivity contribution in [3.63, 3.8) is 0 Å². The van der Waals surface area contributed by atoms with E-state index >= 15 is 0 Å². The normalized spacial score (nSPS) is 14.6. The summed E-state index contributed by atoms with van der Waals surface area (Å²) >= 11 is 7.76. The summed E-state index contributed by atoms with van der Waals surface area (Å²) < 4.78 is 1.60. The van der Waals surface area contributed by atoms with Crippen LogP contribution in [0.5, 0.6) is 0 Å². The number of aromatic nitrogens is 3. The third-order valence-electron chi connectivity index (χ3n) is 3.40. The van der Waals surface area contributed by atoms with Crippen molar-refractivity contribution in [1.29, 1.82) is 0 Å². The van der Waals surface area contributed by atoms with Gasteiger partial charge >= 0.3 is 0 Å². The zero-order chi connectivity index (χ0) is 14.3. The molecule has 2 aromatic heterocycles. The molecule has 2 aromatic rings. The maximum Gasteiger partial charge on any atom is 0.273 e. The van der Waals surface area contributed by atoms with Gasteiger partial charge in [-0.25, -0.2) is 4.98 Å². The van der Waals surface area contributed by atoms with Gasteiger partial charge in [-0.15, -0.1) is 11.3 Å². The number of carbonyl (C=O) groups is 1. The Hall–Kier alpha value is -1.40. The minimum absolute atomic E-state index is 0.264. The monoisotopic (exact) mass is 310 g/mol. The second-order valence-electron chi connectivity index (χ2n) is 5.01. The average Bonchev–Trinajstić information content (AvgIpc) is 3.13. The van der Waals surface area contributed by atoms with Gasteiger partial charge in [-0.05, 0) is 19.8 Å². The van der Waals surface area contributed by atoms with Crippen LogP contribution in [-0.2, 0) is 13.6 Å². The van der Waals surface area contributed by atoms with E-state index < -0.39 is 0 Å². The number of carbonyl (C=O) groups excluding carboxylic acids is 1. The van der Waals surface area contributed by atoms with Crippen LogP contribution in [0.25, 0.3) is 0 Å². The fraction of sp³-hybridized carbons (Fsp3) is 0.462. The smallest absolute Gasteiger partial charge is 0.273 e. The quantitative estimate of drug-likeness (QED) is 0.944. The molecule has 0 aromatic carbocycles. The molecular formula is C13H15ClN4OS. The highest BCUT2D eigenvalue weighted by Crippen LogP contribution is 2.41. The van der Waals surface area contributed by atoms with Gasteiger partial charge in [-0.3, -0.25) is 9.48 Å². The van der Waals surface area contributed by atoms with Crippen molar-refractivity contribution >= 4 is 28.8 Å². The van der Waals surface area contributed by atoms with Crippen molar-refractivity contribution in [1.82, 2.24) is 20.1 Å². The number of rotatable bonds is 4. The molecule has 1 N–H and O–H groups in total. The molecule has 20 heavy (non-hydrogen) atoms. The maximum absolute atomic E-state index is 12.1. The summed E-state index contributed by atoms with van der Waals surface area (Å²) in [4.78, 5) is 16.6. The molecule has 0 saturated heterocycles. The Labute approximate surface area is 126 Å². The van der Waals surface area contributed by atoms with Gasteiger partial charge in [0, 0.05) is 18.3 Å². The lowest BCUT2D eigenvalue weighted by Gasteiger charge is -2.00. The minimum atomic E-state index is -0.264. The van der Waals surface area contributed by atoms with E-state index in [9.17, 15) is 4.79 Å². The van der Waals surface area contributed by atoms with Crippen LogP contribution in [0.1, 0.15) is 45.6 Å². The van der Waals surface area contributed by atoms with Gasteiger partial charge < -0.3 is 5.32 Å². The molecule has 0 unspecified atom stereocenters. The maximum atomic E-state index is 12.1. The van der Waals surface area contributed by atoms with E-state index in [-0.39, 0.29) is 11.6 Å². The van der Waals surface area contributed by atoms with E-state index in [0.29, 0.717) is 17.5 Å². The molecule has 0 spiro atoms. The van der Waals surface area contributed by atoms with E-state index in [2.05, 4.69) is 15.4 Å². The topological polar surface area (TPSA) is 59.8 Å². The molecule has 0 radical (unpaired) electrons. The lowest BCUT2D eigenvalue weighted by Crippen LogP contribution is -2.23. The number of hydrogen-bond acceptors (Lipinski definition) is 4. The highest BCUT2D eigenvalue weighted by atomic mass is 35.5. The summed E-state index contributed by atoms with van der Waals surface area (Å²) in [7, 11) is 1.76. The van der Waals surface area contributed by atoms with Crippen LogP contribution in [0, 0.1) is 6.92 Å². The molecule has 3 rings (SSSR count). The lowest BCUT2D eigenvalue weighted by atomic mass is 10.3. The Bertz CT molecular complexity index is 659. The highest BCUT2D eigenvalue weighted by Gasteiger charge is 2.26. The van der Waals surface area contributed by atoms with E-state index in [1.165, 1.54) is 17.8 Å². The Morgan fingerprint density at radius 2 is 2.35 bits per heavy atom. The first kappa shape index (κ1) is 13.6. The average molecular weight is 311 g/mol. The SMILES string of the molecule is Cc1c(Cl)c(C(=O)NCc2csc(C3CC3)n2)nn1C. The number of amides is 1. The van der Waals surface area contributed by atoms with Gasteiger partial charge in [0.1, 0.15) is 0 Å². The van der Waals surface area contributed by atoms with E-state index in [0.717, 1.165) is 11.4 Å². The molecule has 1 fully saturated rings. The van der Waals surface area contributed by atoms with E-state index in [1.807, 2.05) is 12.3 Å². The first-order valence-electron chi connectivity index (χ1n) is 6.48. The van der Waals surface area contributed by atoms with Gasteiger partial charge in [-0.1, -0.05) is 11.6 Å². The zero-order valence-electron chi connectivity index (χ0n) is 11.3. The third-order valence-corrected chi connectivity index (χ3v) is 4.91. The summed E-state index contributed by atoms with van der Waals surface area (Å²) in [6.45, 7) is 2.24. The van der Waals surface area contributed by atoms with Gasteiger partial charge in [0.25, 0.3) is 5.91 Å². The molecule has 1 aliphatic rings. The van der Waals surface area contributed by atoms with Crippen molar-refractivity contribution in [3.05, 3.63) is 32.5 Å². The summed E-state index contributed by atoms with van der Waals surface area (Å²) in [6, 6.07) is 0. The molecule has 1 saturated carbocycles. The van der Waals surface area contributed by atoms with Crippen LogP contribution in [0.2, 0.25) is 5.02 Å². The zero-order valence-corrected chi connectivity index (χ0v) is 12.9. The van der Waals surface area contributed by atoms with Crippen molar-refractivity contribution in [3.8, 4) is 0 Å². The summed E-state index contributed by atoms with van der Waals surface area (Å²) in [5.41, 5.74) is 1.94. The molecule has 1 amide bonds. The fourth-order valence-electron chi connectivity index (χ4n) is 1.90. The number of halogens is 1. The van der Waals surface area contributed by atoms with Crippen molar-refractivity contribution in [2.24, 2.45) is 7.05 Å².